The topological polar surface area (TPSA) is 32.8 Å². The molecule has 0 unspecified atom stereocenters. The summed E-state index contributed by atoms with van der Waals surface area (Å²) in [5.41, 5.74) is 0. The molecule has 1 rings (SSSR count). The molecule has 4 heteroatoms. The summed E-state index contributed by atoms with van der Waals surface area (Å²) in [5.74, 6) is 0.267. The maximum Gasteiger partial charge on any atom is 0.222 e. The first-order valence-corrected chi connectivity index (χ1v) is 6.05. The summed E-state index contributed by atoms with van der Waals surface area (Å²) >= 11 is 0. The molecule has 0 N–H and O–H groups in total. The van der Waals surface area contributed by atoms with Gasteiger partial charge in [0, 0.05) is 45.3 Å². The Morgan fingerprint density at radius 3 is 2.38 bits per heavy atom. The molecule has 94 valence electrons. The number of rotatable bonds is 4. The summed E-state index contributed by atoms with van der Waals surface area (Å²) in [6.07, 6.45) is 1.43. The Labute approximate surface area is 98.5 Å². The Morgan fingerprint density at radius 1 is 1.31 bits per heavy atom. The molecule has 1 amide bonds. The molecule has 1 fully saturated rings. The van der Waals surface area contributed by atoms with Gasteiger partial charge in [-0.05, 0) is 27.3 Å². The van der Waals surface area contributed by atoms with E-state index in [1.807, 2.05) is 4.90 Å². The Hall–Kier alpha value is -0.610. The van der Waals surface area contributed by atoms with Crippen molar-refractivity contribution >= 4 is 5.91 Å². The number of amides is 1. The quantitative estimate of drug-likeness (QED) is 0.672. The van der Waals surface area contributed by atoms with Crippen molar-refractivity contribution in [3.63, 3.8) is 0 Å². The van der Waals surface area contributed by atoms with Gasteiger partial charge in [0.2, 0.25) is 5.91 Å². The molecular formula is C12H24N2O2. The van der Waals surface area contributed by atoms with Gasteiger partial charge in [-0.1, -0.05) is 0 Å². The van der Waals surface area contributed by atoms with Crippen LogP contribution in [0.1, 0.15) is 26.7 Å². The van der Waals surface area contributed by atoms with Crippen molar-refractivity contribution in [3.8, 4) is 0 Å². The first-order chi connectivity index (χ1) is 7.56. The molecule has 16 heavy (non-hydrogen) atoms. The standard InChI is InChI=1S/C12H24N2O2/c1-10-8-14(9-11(2)13(10)3)12(15)6-5-7-16-4/h10-11H,5-9H2,1-4H3/t10-,11-/m1/s1. The van der Waals surface area contributed by atoms with Gasteiger partial charge in [-0.2, -0.15) is 0 Å². The highest BCUT2D eigenvalue weighted by molar-refractivity contribution is 5.76. The van der Waals surface area contributed by atoms with Crippen LogP contribution in [-0.4, -0.2) is 61.6 Å². The van der Waals surface area contributed by atoms with E-state index in [1.54, 1.807) is 7.11 Å². The van der Waals surface area contributed by atoms with Gasteiger partial charge in [0.1, 0.15) is 0 Å². The van der Waals surface area contributed by atoms with E-state index in [2.05, 4.69) is 25.8 Å². The fourth-order valence-corrected chi connectivity index (χ4v) is 2.13. The third-order valence-corrected chi connectivity index (χ3v) is 3.45. The number of likely N-dealkylation sites (N-methyl/N-ethyl adjacent to an activating group) is 1. The van der Waals surface area contributed by atoms with E-state index in [0.29, 0.717) is 25.1 Å². The number of hydrogen-bond donors (Lipinski definition) is 0. The van der Waals surface area contributed by atoms with Gasteiger partial charge in [-0.15, -0.1) is 0 Å². The lowest BCUT2D eigenvalue weighted by molar-refractivity contribution is -0.135. The third-order valence-electron chi connectivity index (χ3n) is 3.45. The van der Waals surface area contributed by atoms with Crippen LogP contribution in [0.2, 0.25) is 0 Å². The summed E-state index contributed by atoms with van der Waals surface area (Å²) in [5, 5.41) is 0. The van der Waals surface area contributed by atoms with Crippen molar-refractivity contribution < 1.29 is 9.53 Å². The van der Waals surface area contributed by atoms with Crippen LogP contribution in [0.25, 0.3) is 0 Å². The Kier molecular flexibility index (Phi) is 5.22. The lowest BCUT2D eigenvalue weighted by Crippen LogP contribution is -2.56. The van der Waals surface area contributed by atoms with Gasteiger partial charge >= 0.3 is 0 Å². The summed E-state index contributed by atoms with van der Waals surface area (Å²) in [7, 11) is 3.80. The second-order valence-corrected chi connectivity index (χ2v) is 4.76. The highest BCUT2D eigenvalue weighted by atomic mass is 16.5. The van der Waals surface area contributed by atoms with Crippen molar-refractivity contribution in [2.24, 2.45) is 0 Å². The zero-order valence-electron chi connectivity index (χ0n) is 10.9. The van der Waals surface area contributed by atoms with Gasteiger partial charge in [0.25, 0.3) is 0 Å². The van der Waals surface area contributed by atoms with Crippen molar-refractivity contribution in [1.82, 2.24) is 9.80 Å². The maximum atomic E-state index is 11.9. The Balaban J connectivity index is 2.39. The molecule has 4 nitrogen and oxygen atoms in total. The van der Waals surface area contributed by atoms with Gasteiger partial charge in [-0.3, -0.25) is 9.69 Å². The smallest absolute Gasteiger partial charge is 0.222 e. The van der Waals surface area contributed by atoms with Crippen molar-refractivity contribution in [1.29, 1.82) is 0 Å². The van der Waals surface area contributed by atoms with Crippen LogP contribution < -0.4 is 0 Å². The molecule has 0 aromatic carbocycles. The second kappa shape index (κ2) is 6.21. The summed E-state index contributed by atoms with van der Waals surface area (Å²) in [6.45, 7) is 6.72. The SMILES string of the molecule is COCCCC(=O)N1C[C@@H](C)N(C)[C@H](C)C1. The molecule has 0 saturated carbocycles. The van der Waals surface area contributed by atoms with Gasteiger partial charge in [-0.25, -0.2) is 0 Å². The van der Waals surface area contributed by atoms with Crippen LogP contribution in [0, 0.1) is 0 Å². The fourth-order valence-electron chi connectivity index (χ4n) is 2.13. The minimum atomic E-state index is 0.267. The van der Waals surface area contributed by atoms with Gasteiger partial charge in [0.15, 0.2) is 0 Å². The fraction of sp³-hybridized carbons (Fsp3) is 0.917. The maximum absolute atomic E-state index is 11.9. The third kappa shape index (κ3) is 3.46. The number of nitrogens with zero attached hydrogens (tertiary/aromatic N) is 2. The van der Waals surface area contributed by atoms with Crippen LogP contribution in [0.15, 0.2) is 0 Å². The first kappa shape index (κ1) is 13.5. The minimum Gasteiger partial charge on any atom is -0.385 e. The molecule has 1 saturated heterocycles. The van der Waals surface area contributed by atoms with E-state index in [0.717, 1.165) is 19.5 Å². The van der Waals surface area contributed by atoms with Crippen molar-refractivity contribution in [2.75, 3.05) is 33.9 Å². The van der Waals surface area contributed by atoms with Crippen LogP contribution in [-0.2, 0) is 9.53 Å². The zero-order chi connectivity index (χ0) is 12.1. The van der Waals surface area contributed by atoms with Crippen LogP contribution in [0.3, 0.4) is 0 Å². The minimum absolute atomic E-state index is 0.267. The number of carbonyl (C=O) groups excluding carboxylic acids is 1. The first-order valence-electron chi connectivity index (χ1n) is 6.05. The van der Waals surface area contributed by atoms with Crippen molar-refractivity contribution in [2.45, 2.75) is 38.8 Å². The molecule has 1 aliphatic rings. The monoisotopic (exact) mass is 228 g/mol. The lowest BCUT2D eigenvalue weighted by Gasteiger charge is -2.42. The Morgan fingerprint density at radius 2 is 1.88 bits per heavy atom. The molecule has 2 atom stereocenters. The zero-order valence-corrected chi connectivity index (χ0v) is 10.9. The molecule has 0 aliphatic carbocycles. The molecule has 0 aromatic heterocycles. The van der Waals surface area contributed by atoms with E-state index in [-0.39, 0.29) is 5.91 Å². The predicted octanol–water partition coefficient (Wildman–Crippen LogP) is 0.964. The van der Waals surface area contributed by atoms with Gasteiger partial charge < -0.3 is 9.64 Å². The molecular weight excluding hydrogens is 204 g/mol. The van der Waals surface area contributed by atoms with Crippen LogP contribution in [0.4, 0.5) is 0 Å². The highest BCUT2D eigenvalue weighted by Gasteiger charge is 2.28. The van der Waals surface area contributed by atoms with E-state index in [1.165, 1.54) is 0 Å². The second-order valence-electron chi connectivity index (χ2n) is 4.76. The molecule has 0 bridgehead atoms. The Bertz CT molecular complexity index is 221. The predicted molar refractivity (Wildman–Crippen MR) is 64.4 cm³/mol. The normalized spacial score (nSPS) is 27.1. The molecule has 0 spiro atoms. The van der Waals surface area contributed by atoms with E-state index >= 15 is 0 Å². The largest absolute Gasteiger partial charge is 0.385 e. The number of carbonyl (C=O) groups is 1. The average Bonchev–Trinajstić information content (AvgIpc) is 2.25. The van der Waals surface area contributed by atoms with Crippen molar-refractivity contribution in [3.05, 3.63) is 0 Å². The van der Waals surface area contributed by atoms with Crippen LogP contribution >= 0.6 is 0 Å². The highest BCUT2D eigenvalue weighted by Crippen LogP contribution is 2.14. The summed E-state index contributed by atoms with van der Waals surface area (Å²) < 4.78 is 4.96. The number of methoxy groups -OCH3 is 1. The number of ether oxygens (including phenoxy) is 1. The van der Waals surface area contributed by atoms with Crippen LogP contribution in [0.5, 0.6) is 0 Å². The summed E-state index contributed by atoms with van der Waals surface area (Å²) in [6, 6.07) is 0.908. The lowest BCUT2D eigenvalue weighted by atomic mass is 10.1. The molecule has 1 aliphatic heterocycles. The molecule has 1 heterocycles. The van der Waals surface area contributed by atoms with E-state index < -0.39 is 0 Å². The van der Waals surface area contributed by atoms with E-state index in [9.17, 15) is 4.79 Å². The molecule has 0 radical (unpaired) electrons. The van der Waals surface area contributed by atoms with E-state index in [4.69, 9.17) is 4.74 Å². The number of hydrogen-bond acceptors (Lipinski definition) is 3. The molecule has 0 aromatic rings. The number of piperazine rings is 1. The van der Waals surface area contributed by atoms with Gasteiger partial charge in [0.05, 0.1) is 0 Å². The summed E-state index contributed by atoms with van der Waals surface area (Å²) in [4.78, 5) is 16.2. The average molecular weight is 228 g/mol.